The van der Waals surface area contributed by atoms with Crippen molar-refractivity contribution < 1.29 is 9.53 Å². The zero-order chi connectivity index (χ0) is 18.6. The van der Waals surface area contributed by atoms with Gasteiger partial charge in [0.05, 0.1) is 0 Å². The van der Waals surface area contributed by atoms with Crippen molar-refractivity contribution in [1.82, 2.24) is 4.90 Å². The van der Waals surface area contributed by atoms with Gasteiger partial charge in [0.2, 0.25) is 0 Å². The Morgan fingerprint density at radius 1 is 0.923 bits per heavy atom. The SMILES string of the molecule is CC1(C)C[C@]2(C)OC(=O)N(CCc3ccccc3)[C@]2(C)c2ccccc21. The van der Waals surface area contributed by atoms with E-state index in [-0.39, 0.29) is 11.5 Å². The minimum atomic E-state index is -0.529. The molecule has 2 aromatic rings. The van der Waals surface area contributed by atoms with Crippen molar-refractivity contribution in [3.63, 3.8) is 0 Å². The maximum atomic E-state index is 12.9. The number of rotatable bonds is 3. The molecule has 0 saturated carbocycles. The molecule has 0 N–H and O–H groups in total. The van der Waals surface area contributed by atoms with Crippen LogP contribution in [0.4, 0.5) is 4.79 Å². The number of nitrogens with zero attached hydrogens (tertiary/aromatic N) is 1. The predicted octanol–water partition coefficient (Wildman–Crippen LogP) is 5.04. The van der Waals surface area contributed by atoms with Gasteiger partial charge in [-0.15, -0.1) is 0 Å². The lowest BCUT2D eigenvalue weighted by Gasteiger charge is -2.52. The highest BCUT2D eigenvalue weighted by Gasteiger charge is 2.65. The van der Waals surface area contributed by atoms with Crippen LogP contribution in [0.1, 0.15) is 50.8 Å². The van der Waals surface area contributed by atoms with E-state index in [0.29, 0.717) is 6.54 Å². The highest BCUT2D eigenvalue weighted by atomic mass is 16.6. The molecule has 1 fully saturated rings. The monoisotopic (exact) mass is 349 g/mol. The maximum absolute atomic E-state index is 12.9. The first-order valence-corrected chi connectivity index (χ1v) is 9.42. The minimum Gasteiger partial charge on any atom is -0.440 e. The molecule has 1 aliphatic carbocycles. The molecule has 136 valence electrons. The number of benzene rings is 2. The van der Waals surface area contributed by atoms with Gasteiger partial charge in [0.15, 0.2) is 0 Å². The second kappa shape index (κ2) is 5.60. The van der Waals surface area contributed by atoms with Crippen molar-refractivity contribution in [2.75, 3.05) is 6.54 Å². The first-order chi connectivity index (χ1) is 12.3. The summed E-state index contributed by atoms with van der Waals surface area (Å²) in [5, 5.41) is 0. The predicted molar refractivity (Wildman–Crippen MR) is 103 cm³/mol. The Bertz CT molecular complexity index is 844. The van der Waals surface area contributed by atoms with Crippen LogP contribution < -0.4 is 0 Å². The Kier molecular flexibility index (Phi) is 3.69. The summed E-state index contributed by atoms with van der Waals surface area (Å²) < 4.78 is 6.04. The Morgan fingerprint density at radius 3 is 2.23 bits per heavy atom. The molecule has 0 aromatic heterocycles. The highest BCUT2D eigenvalue weighted by molar-refractivity contribution is 5.74. The van der Waals surface area contributed by atoms with E-state index in [1.54, 1.807) is 0 Å². The number of carbonyl (C=O) groups is 1. The summed E-state index contributed by atoms with van der Waals surface area (Å²) in [6, 6.07) is 18.9. The summed E-state index contributed by atoms with van der Waals surface area (Å²) in [6.45, 7) is 9.43. The molecule has 4 rings (SSSR count). The van der Waals surface area contributed by atoms with Crippen LogP contribution in [0, 0.1) is 0 Å². The summed E-state index contributed by atoms with van der Waals surface area (Å²) in [5.74, 6) is 0. The lowest BCUT2D eigenvalue weighted by Crippen LogP contribution is -2.58. The molecule has 0 unspecified atom stereocenters. The second-order valence-corrected chi connectivity index (χ2v) is 8.66. The molecule has 3 nitrogen and oxygen atoms in total. The van der Waals surface area contributed by atoms with Crippen LogP contribution in [0.3, 0.4) is 0 Å². The molecule has 3 heteroatoms. The number of ether oxygens (including phenoxy) is 1. The molecule has 2 aliphatic rings. The topological polar surface area (TPSA) is 29.5 Å². The molecule has 0 bridgehead atoms. The summed E-state index contributed by atoms with van der Waals surface area (Å²) in [4.78, 5) is 14.8. The van der Waals surface area contributed by atoms with Crippen LogP contribution in [-0.4, -0.2) is 23.1 Å². The van der Waals surface area contributed by atoms with Crippen molar-refractivity contribution in [3.05, 3.63) is 71.3 Å². The molecule has 0 radical (unpaired) electrons. The molecule has 1 saturated heterocycles. The third-order valence-electron chi connectivity index (χ3n) is 6.53. The van der Waals surface area contributed by atoms with Gasteiger partial charge in [-0.3, -0.25) is 4.90 Å². The first kappa shape index (κ1) is 17.1. The molecule has 0 spiro atoms. The van der Waals surface area contributed by atoms with Gasteiger partial charge in [-0.2, -0.15) is 0 Å². The van der Waals surface area contributed by atoms with E-state index >= 15 is 0 Å². The summed E-state index contributed by atoms with van der Waals surface area (Å²) >= 11 is 0. The van der Waals surface area contributed by atoms with Gasteiger partial charge in [-0.05, 0) is 48.8 Å². The normalized spacial score (nSPS) is 29.1. The highest BCUT2D eigenvalue weighted by Crippen LogP contribution is 2.57. The summed E-state index contributed by atoms with van der Waals surface area (Å²) in [5.41, 5.74) is 2.77. The van der Waals surface area contributed by atoms with Crippen LogP contribution in [0.25, 0.3) is 0 Å². The van der Waals surface area contributed by atoms with Crippen LogP contribution in [-0.2, 0) is 22.1 Å². The van der Waals surface area contributed by atoms with Crippen LogP contribution in [0.5, 0.6) is 0 Å². The van der Waals surface area contributed by atoms with Gasteiger partial charge >= 0.3 is 6.09 Å². The zero-order valence-corrected chi connectivity index (χ0v) is 16.1. The average molecular weight is 349 g/mol. The largest absolute Gasteiger partial charge is 0.440 e. The molecular formula is C23H27NO2. The number of carbonyl (C=O) groups excluding carboxylic acids is 1. The van der Waals surface area contributed by atoms with Gasteiger partial charge in [0, 0.05) is 6.54 Å². The summed E-state index contributed by atoms with van der Waals surface area (Å²) in [7, 11) is 0. The number of amides is 1. The van der Waals surface area contributed by atoms with E-state index in [4.69, 9.17) is 4.74 Å². The minimum absolute atomic E-state index is 0.0272. The third-order valence-corrected chi connectivity index (χ3v) is 6.53. The first-order valence-electron chi connectivity index (χ1n) is 9.42. The molecule has 1 aliphatic heterocycles. The fourth-order valence-corrected chi connectivity index (χ4v) is 5.09. The van der Waals surface area contributed by atoms with E-state index in [1.165, 1.54) is 16.7 Å². The Morgan fingerprint density at radius 2 is 1.54 bits per heavy atom. The Labute approximate surface area is 156 Å². The van der Waals surface area contributed by atoms with Crippen LogP contribution >= 0.6 is 0 Å². The lowest BCUT2D eigenvalue weighted by atomic mass is 9.59. The van der Waals surface area contributed by atoms with Crippen molar-refractivity contribution in [1.29, 1.82) is 0 Å². The van der Waals surface area contributed by atoms with Crippen molar-refractivity contribution >= 4 is 6.09 Å². The Balaban J connectivity index is 1.77. The van der Waals surface area contributed by atoms with Gasteiger partial charge in [-0.25, -0.2) is 4.79 Å². The van der Waals surface area contributed by atoms with E-state index in [0.717, 1.165) is 12.8 Å². The molecule has 26 heavy (non-hydrogen) atoms. The van der Waals surface area contributed by atoms with Gasteiger partial charge in [0.1, 0.15) is 11.1 Å². The fraction of sp³-hybridized carbons (Fsp3) is 0.435. The van der Waals surface area contributed by atoms with Crippen LogP contribution in [0.2, 0.25) is 0 Å². The number of fused-ring (bicyclic) bond motifs is 3. The van der Waals surface area contributed by atoms with Crippen LogP contribution in [0.15, 0.2) is 54.6 Å². The van der Waals surface area contributed by atoms with Gasteiger partial charge in [0.25, 0.3) is 0 Å². The van der Waals surface area contributed by atoms with Crippen molar-refractivity contribution in [3.8, 4) is 0 Å². The average Bonchev–Trinajstić information content (AvgIpc) is 2.80. The Hall–Kier alpha value is -2.29. The number of hydrogen-bond acceptors (Lipinski definition) is 2. The van der Waals surface area contributed by atoms with Crippen molar-refractivity contribution in [2.24, 2.45) is 0 Å². The number of hydrogen-bond donors (Lipinski definition) is 0. The molecule has 1 amide bonds. The van der Waals surface area contributed by atoms with E-state index < -0.39 is 11.1 Å². The smallest absolute Gasteiger partial charge is 0.411 e. The van der Waals surface area contributed by atoms with Crippen molar-refractivity contribution in [2.45, 2.75) is 57.1 Å². The molecular weight excluding hydrogens is 322 g/mol. The summed E-state index contributed by atoms with van der Waals surface area (Å²) in [6.07, 6.45) is 1.45. The maximum Gasteiger partial charge on any atom is 0.411 e. The van der Waals surface area contributed by atoms with Gasteiger partial charge < -0.3 is 4.74 Å². The van der Waals surface area contributed by atoms with E-state index in [9.17, 15) is 4.79 Å². The fourth-order valence-electron chi connectivity index (χ4n) is 5.09. The van der Waals surface area contributed by atoms with E-state index in [1.807, 2.05) is 23.1 Å². The third kappa shape index (κ3) is 2.29. The van der Waals surface area contributed by atoms with Gasteiger partial charge in [-0.1, -0.05) is 68.4 Å². The quantitative estimate of drug-likeness (QED) is 0.777. The molecule has 1 heterocycles. The standard InChI is InChI=1S/C23H27NO2/c1-21(2)16-22(3)23(4,19-13-9-8-12-18(19)21)24(20(25)26-22)15-14-17-10-6-5-7-11-17/h5-13H,14-16H2,1-4H3/t22-,23+/m0/s1. The molecule has 2 aromatic carbocycles. The zero-order valence-electron chi connectivity index (χ0n) is 16.1. The van der Waals surface area contributed by atoms with E-state index in [2.05, 4.69) is 64.1 Å². The lowest BCUT2D eigenvalue weighted by molar-refractivity contribution is -0.0291. The second-order valence-electron chi connectivity index (χ2n) is 8.66. The molecule has 2 atom stereocenters.